The van der Waals surface area contributed by atoms with Crippen molar-refractivity contribution in [1.29, 1.82) is 0 Å². The number of benzene rings is 1. The van der Waals surface area contributed by atoms with Crippen LogP contribution >= 0.6 is 0 Å². The molecule has 1 aliphatic rings. The Balaban J connectivity index is 1.29. The Kier molecular flexibility index (Phi) is 6.83. The second kappa shape index (κ2) is 10.6. The minimum absolute atomic E-state index is 0.605. The lowest BCUT2D eigenvalue weighted by Gasteiger charge is -2.16. The molecular weight excluding hydrogens is 486 g/mol. The molecule has 0 N–H and O–H groups in total. The molecule has 1 aromatic carbocycles. The molecule has 1 aliphatic carbocycles. The summed E-state index contributed by atoms with van der Waals surface area (Å²) in [5.74, 6) is 0.786. The molecule has 4 heterocycles. The summed E-state index contributed by atoms with van der Waals surface area (Å²) in [5.41, 5.74) is 9.90. The fourth-order valence-corrected chi connectivity index (χ4v) is 5.29. The largest absolute Gasteiger partial charge is 0.308 e. The van der Waals surface area contributed by atoms with E-state index in [0.717, 1.165) is 89.8 Å². The van der Waals surface area contributed by atoms with Crippen molar-refractivity contribution in [3.63, 3.8) is 0 Å². The molecule has 0 fully saturated rings. The molecule has 9 heteroatoms. The lowest BCUT2D eigenvalue weighted by atomic mass is 9.91. The molecule has 0 atom stereocenters. The summed E-state index contributed by atoms with van der Waals surface area (Å²) in [7, 11) is 6.17. The van der Waals surface area contributed by atoms with Crippen molar-refractivity contribution in [2.45, 2.75) is 45.7 Å². The van der Waals surface area contributed by atoms with Gasteiger partial charge in [0.2, 0.25) is 0 Å². The summed E-state index contributed by atoms with van der Waals surface area (Å²) in [4.78, 5) is 12.0. The first-order valence-electron chi connectivity index (χ1n) is 13.7. The van der Waals surface area contributed by atoms with Crippen molar-refractivity contribution in [1.82, 2.24) is 44.2 Å². The van der Waals surface area contributed by atoms with Gasteiger partial charge >= 0.3 is 0 Å². The van der Waals surface area contributed by atoms with Crippen molar-refractivity contribution in [2.24, 2.45) is 7.05 Å². The van der Waals surface area contributed by atoms with E-state index in [9.17, 15) is 0 Å². The number of likely N-dealkylation sites (N-methyl/N-ethyl adjacent to an activating group) is 1. The molecule has 0 amide bonds. The van der Waals surface area contributed by atoms with Crippen LogP contribution in [0.3, 0.4) is 0 Å². The molecule has 0 spiro atoms. The normalized spacial score (nSPS) is 12.6. The molecule has 0 aliphatic heterocycles. The fourth-order valence-electron chi connectivity index (χ4n) is 5.29. The average Bonchev–Trinajstić information content (AvgIpc) is 3.66. The van der Waals surface area contributed by atoms with E-state index in [1.165, 1.54) is 5.56 Å². The molecule has 0 unspecified atom stereocenters. The van der Waals surface area contributed by atoms with Gasteiger partial charge in [-0.05, 0) is 50.6 Å². The Hall–Kier alpha value is -4.11. The summed E-state index contributed by atoms with van der Waals surface area (Å²) in [5, 5.41) is 14.1. The van der Waals surface area contributed by atoms with Gasteiger partial charge in [0.1, 0.15) is 5.82 Å². The van der Waals surface area contributed by atoms with Crippen LogP contribution in [0.15, 0.2) is 55.1 Å². The first kappa shape index (κ1) is 25.2. The number of rotatable bonds is 9. The van der Waals surface area contributed by atoms with Crippen LogP contribution in [0.25, 0.3) is 33.6 Å². The third kappa shape index (κ3) is 5.14. The van der Waals surface area contributed by atoms with E-state index in [-0.39, 0.29) is 0 Å². The van der Waals surface area contributed by atoms with Crippen molar-refractivity contribution in [2.75, 3.05) is 20.6 Å². The van der Waals surface area contributed by atoms with Crippen LogP contribution in [-0.4, -0.2) is 64.8 Å². The Morgan fingerprint density at radius 1 is 0.897 bits per heavy atom. The topological polar surface area (TPSA) is 82.5 Å². The van der Waals surface area contributed by atoms with Gasteiger partial charge in [0, 0.05) is 55.4 Å². The van der Waals surface area contributed by atoms with Crippen LogP contribution in [-0.2, 0) is 39.4 Å². The van der Waals surface area contributed by atoms with Crippen LogP contribution in [0.1, 0.15) is 36.1 Å². The Bertz CT molecular complexity index is 1590. The summed E-state index contributed by atoms with van der Waals surface area (Å²) in [6, 6.07) is 10.8. The molecule has 200 valence electrons. The van der Waals surface area contributed by atoms with Crippen molar-refractivity contribution >= 4 is 0 Å². The highest BCUT2D eigenvalue weighted by Gasteiger charge is 2.27. The van der Waals surface area contributed by atoms with Gasteiger partial charge in [0.15, 0.2) is 0 Å². The first-order valence-corrected chi connectivity index (χ1v) is 13.7. The number of hydrogen-bond donors (Lipinski definition) is 0. The molecule has 39 heavy (non-hydrogen) atoms. The van der Waals surface area contributed by atoms with Gasteiger partial charge in [-0.25, -0.2) is 9.97 Å². The minimum atomic E-state index is 0.605. The molecule has 0 radical (unpaired) electrons. The minimum Gasteiger partial charge on any atom is -0.308 e. The van der Waals surface area contributed by atoms with Crippen LogP contribution in [0.5, 0.6) is 0 Å². The third-order valence-electron chi connectivity index (χ3n) is 7.29. The monoisotopic (exact) mass is 521 g/mol. The van der Waals surface area contributed by atoms with Gasteiger partial charge in [0.05, 0.1) is 41.9 Å². The number of aryl methyl sites for hydroxylation is 4. The molecule has 0 saturated heterocycles. The van der Waals surface area contributed by atoms with Crippen LogP contribution < -0.4 is 0 Å². The van der Waals surface area contributed by atoms with Gasteiger partial charge in [-0.1, -0.05) is 31.2 Å². The predicted octanol–water partition coefficient (Wildman–Crippen LogP) is 4.27. The molecule has 6 rings (SSSR count). The van der Waals surface area contributed by atoms with E-state index in [1.54, 1.807) is 0 Å². The molecule has 0 saturated carbocycles. The smallest absolute Gasteiger partial charge is 0.134 e. The Labute approximate surface area is 229 Å². The van der Waals surface area contributed by atoms with E-state index in [2.05, 4.69) is 67.5 Å². The molecular formula is C30H35N9. The maximum atomic E-state index is 5.09. The van der Waals surface area contributed by atoms with Crippen LogP contribution in [0.2, 0.25) is 0 Å². The number of aromatic nitrogens is 8. The summed E-state index contributed by atoms with van der Waals surface area (Å²) >= 11 is 0. The number of fused-ring (bicyclic) bond motifs is 3. The van der Waals surface area contributed by atoms with Crippen molar-refractivity contribution < 1.29 is 0 Å². The maximum Gasteiger partial charge on any atom is 0.134 e. The van der Waals surface area contributed by atoms with Gasteiger partial charge in [-0.2, -0.15) is 15.3 Å². The van der Waals surface area contributed by atoms with E-state index < -0.39 is 0 Å². The predicted molar refractivity (Wildman–Crippen MR) is 152 cm³/mol. The maximum absolute atomic E-state index is 5.09. The van der Waals surface area contributed by atoms with Gasteiger partial charge < -0.3 is 4.90 Å². The van der Waals surface area contributed by atoms with E-state index >= 15 is 0 Å². The molecule has 5 aromatic rings. The fraction of sp³-hybridized carbons (Fsp3) is 0.367. The molecule has 9 nitrogen and oxygen atoms in total. The number of nitrogens with zero attached hydrogens (tertiary/aromatic N) is 9. The highest BCUT2D eigenvalue weighted by molar-refractivity contribution is 5.84. The highest BCUT2D eigenvalue weighted by Crippen LogP contribution is 2.39. The quantitative estimate of drug-likeness (QED) is 0.288. The van der Waals surface area contributed by atoms with Crippen LogP contribution in [0.4, 0.5) is 0 Å². The lowest BCUT2D eigenvalue weighted by molar-refractivity contribution is 0.372. The zero-order valence-corrected chi connectivity index (χ0v) is 23.2. The van der Waals surface area contributed by atoms with Crippen molar-refractivity contribution in [3.8, 4) is 33.6 Å². The standard InChI is InChI=1S/C30H35N9/c1-5-13-39-20-24(19-32-39)21-6-8-22(9-7-21)30-28-26(35-37(30)4)11-10-23-18-31-27(33-29(23)28)17-25-12-14-38(34-25)16-15-36(2)3/h6-9,12,14,18-20H,5,10-11,13,15-17H2,1-4H3. The molecule has 0 bridgehead atoms. The average molecular weight is 522 g/mol. The SMILES string of the molecule is CCCn1cc(-c2ccc(-c3c4c(nn3C)CCc3cnc(Cc5ccn(CCN(C)C)n5)nc3-4)cc2)cn1. The van der Waals surface area contributed by atoms with E-state index in [0.29, 0.717) is 6.42 Å². The highest BCUT2D eigenvalue weighted by atomic mass is 15.3. The van der Waals surface area contributed by atoms with Gasteiger partial charge in [0.25, 0.3) is 0 Å². The summed E-state index contributed by atoms with van der Waals surface area (Å²) < 4.78 is 6.00. The van der Waals surface area contributed by atoms with Crippen LogP contribution in [0, 0.1) is 0 Å². The van der Waals surface area contributed by atoms with E-state index in [4.69, 9.17) is 20.2 Å². The summed E-state index contributed by atoms with van der Waals surface area (Å²) in [6.45, 7) is 4.91. The second-order valence-electron chi connectivity index (χ2n) is 10.6. The van der Waals surface area contributed by atoms with E-state index in [1.807, 2.05) is 39.7 Å². The zero-order chi connectivity index (χ0) is 26.9. The molecule has 4 aromatic heterocycles. The van der Waals surface area contributed by atoms with Gasteiger partial charge in [-0.15, -0.1) is 0 Å². The summed E-state index contributed by atoms with van der Waals surface area (Å²) in [6.07, 6.45) is 11.6. The Morgan fingerprint density at radius 3 is 2.51 bits per heavy atom. The first-order chi connectivity index (χ1) is 19.0. The Morgan fingerprint density at radius 2 is 1.72 bits per heavy atom. The van der Waals surface area contributed by atoms with Gasteiger partial charge in [-0.3, -0.25) is 14.0 Å². The third-order valence-corrected chi connectivity index (χ3v) is 7.29. The second-order valence-corrected chi connectivity index (χ2v) is 10.6. The van der Waals surface area contributed by atoms with Crippen molar-refractivity contribution in [3.05, 3.63) is 77.9 Å². The number of hydrogen-bond acceptors (Lipinski definition) is 6. The zero-order valence-electron chi connectivity index (χ0n) is 23.2. The lowest BCUT2D eigenvalue weighted by Crippen LogP contribution is -2.18.